The Morgan fingerprint density at radius 2 is 2.38 bits per heavy atom. The Labute approximate surface area is 128 Å². The Balaban J connectivity index is 1.69. The van der Waals surface area contributed by atoms with Crippen LogP contribution in [0, 0.1) is 0 Å². The van der Waals surface area contributed by atoms with Crippen molar-refractivity contribution in [3.63, 3.8) is 0 Å². The summed E-state index contributed by atoms with van der Waals surface area (Å²) in [5, 5.41) is 3.06. The van der Waals surface area contributed by atoms with Gasteiger partial charge in [0.15, 0.2) is 0 Å². The number of thioether (sulfide) groups is 1. The molecule has 1 fully saturated rings. The summed E-state index contributed by atoms with van der Waals surface area (Å²) in [7, 11) is 0. The highest BCUT2D eigenvalue weighted by atomic mass is 32.2. The third-order valence-electron chi connectivity index (χ3n) is 3.83. The quantitative estimate of drug-likeness (QED) is 0.862. The van der Waals surface area contributed by atoms with Crippen molar-refractivity contribution in [2.45, 2.75) is 31.3 Å². The summed E-state index contributed by atoms with van der Waals surface area (Å²) in [6.07, 6.45) is 8.14. The van der Waals surface area contributed by atoms with Gasteiger partial charge in [-0.3, -0.25) is 4.79 Å². The molecule has 1 amide bonds. The second-order valence-corrected chi connectivity index (χ2v) is 6.41. The van der Waals surface area contributed by atoms with Crippen LogP contribution in [0.3, 0.4) is 0 Å². The van der Waals surface area contributed by atoms with Gasteiger partial charge in [-0.15, -0.1) is 11.8 Å². The lowest BCUT2D eigenvalue weighted by molar-refractivity contribution is -0.117. The van der Waals surface area contributed by atoms with E-state index in [1.807, 2.05) is 17.2 Å². The van der Waals surface area contributed by atoms with Crippen LogP contribution in [0.25, 0.3) is 0 Å². The first-order valence-corrected chi connectivity index (χ1v) is 8.16. The fraction of sp³-hybridized carbons (Fsp3) is 0.500. The molecule has 2 heterocycles. The normalized spacial score (nSPS) is 25.6. The first-order chi connectivity index (χ1) is 10.2. The third-order valence-corrected chi connectivity index (χ3v) is 4.82. The van der Waals surface area contributed by atoms with Crippen LogP contribution in [-0.2, 0) is 4.79 Å². The summed E-state index contributed by atoms with van der Waals surface area (Å²) in [6.45, 7) is 0.835. The monoisotopic (exact) mass is 305 g/mol. The molecule has 0 unspecified atom stereocenters. The molecule has 112 valence electrons. The van der Waals surface area contributed by atoms with Crippen LogP contribution in [0.1, 0.15) is 19.3 Å². The minimum Gasteiger partial charge on any atom is -0.347 e. The molecule has 3 N–H and O–H groups in total. The third kappa shape index (κ3) is 3.36. The molecule has 0 saturated heterocycles. The number of hydrogen-bond acceptors (Lipinski definition) is 6. The fourth-order valence-corrected chi connectivity index (χ4v) is 3.56. The number of amides is 1. The van der Waals surface area contributed by atoms with Gasteiger partial charge in [-0.2, -0.15) is 0 Å². The van der Waals surface area contributed by atoms with Gasteiger partial charge < -0.3 is 16.0 Å². The number of carbonyl (C=O) groups excluding carboxylic acids is 1. The first-order valence-electron chi connectivity index (χ1n) is 7.18. The van der Waals surface area contributed by atoms with Crippen molar-refractivity contribution in [3.8, 4) is 0 Å². The van der Waals surface area contributed by atoms with Crippen LogP contribution < -0.4 is 16.0 Å². The van der Waals surface area contributed by atoms with Crippen molar-refractivity contribution >= 4 is 23.5 Å². The lowest BCUT2D eigenvalue weighted by atomic mass is 10.2. The van der Waals surface area contributed by atoms with E-state index in [1.165, 1.54) is 6.33 Å². The molecule has 3 rings (SSSR count). The van der Waals surface area contributed by atoms with Crippen molar-refractivity contribution in [2.75, 3.05) is 17.2 Å². The van der Waals surface area contributed by atoms with Crippen molar-refractivity contribution in [1.29, 1.82) is 0 Å². The number of rotatable bonds is 3. The molecule has 0 aromatic carbocycles. The van der Waals surface area contributed by atoms with Crippen molar-refractivity contribution < 1.29 is 4.79 Å². The first kappa shape index (κ1) is 14.3. The van der Waals surface area contributed by atoms with Crippen LogP contribution in [0.2, 0.25) is 0 Å². The van der Waals surface area contributed by atoms with Gasteiger partial charge in [0.2, 0.25) is 0 Å². The smallest absolute Gasteiger partial charge is 0.259 e. The molecule has 7 heteroatoms. The van der Waals surface area contributed by atoms with Gasteiger partial charge in [-0.25, -0.2) is 9.97 Å². The van der Waals surface area contributed by atoms with E-state index in [-0.39, 0.29) is 18.0 Å². The predicted molar refractivity (Wildman–Crippen MR) is 83.7 cm³/mol. The number of carbonyl (C=O) groups is 1. The lowest BCUT2D eigenvalue weighted by Crippen LogP contribution is -2.44. The van der Waals surface area contributed by atoms with Crippen LogP contribution in [-0.4, -0.2) is 40.3 Å². The zero-order chi connectivity index (χ0) is 14.7. The van der Waals surface area contributed by atoms with E-state index in [0.29, 0.717) is 0 Å². The average Bonchev–Trinajstić information content (AvgIpc) is 2.93. The minimum atomic E-state index is -0.0268. The molecule has 2 aliphatic rings. The van der Waals surface area contributed by atoms with Crippen molar-refractivity contribution in [3.05, 3.63) is 29.7 Å². The largest absolute Gasteiger partial charge is 0.347 e. The lowest BCUT2D eigenvalue weighted by Gasteiger charge is -2.26. The molecule has 0 radical (unpaired) electrons. The second-order valence-electron chi connectivity index (χ2n) is 5.28. The standard InChI is InChI=1S/C14H19N5OS/c15-10-2-1-3-11(10)18-14(20)12-8-19(6-7-21-12)13-4-5-16-9-17-13/h4-5,8-11H,1-3,6-7,15H2,(H,18,20)/t10-,11-/m0/s1. The number of nitrogens with one attached hydrogen (secondary N) is 1. The van der Waals surface area contributed by atoms with Gasteiger partial charge in [0, 0.05) is 36.8 Å². The van der Waals surface area contributed by atoms with E-state index in [0.717, 1.165) is 42.3 Å². The van der Waals surface area contributed by atoms with Gasteiger partial charge in [0.05, 0.1) is 4.91 Å². The van der Waals surface area contributed by atoms with E-state index in [4.69, 9.17) is 5.73 Å². The SMILES string of the molecule is N[C@H]1CCC[C@@H]1NC(=O)C1=CN(c2ccncn2)CCS1. The Kier molecular flexibility index (Phi) is 4.40. The van der Waals surface area contributed by atoms with E-state index in [2.05, 4.69) is 15.3 Å². The summed E-state index contributed by atoms with van der Waals surface area (Å²) < 4.78 is 0. The topological polar surface area (TPSA) is 84.1 Å². The zero-order valence-corrected chi connectivity index (χ0v) is 12.6. The van der Waals surface area contributed by atoms with E-state index >= 15 is 0 Å². The summed E-state index contributed by atoms with van der Waals surface area (Å²) >= 11 is 1.58. The minimum absolute atomic E-state index is 0.0268. The molecule has 6 nitrogen and oxygen atoms in total. The number of aromatic nitrogens is 2. The molecule has 1 aliphatic heterocycles. The van der Waals surface area contributed by atoms with Crippen LogP contribution in [0.15, 0.2) is 29.7 Å². The summed E-state index contributed by atoms with van der Waals surface area (Å²) in [5.74, 6) is 1.65. The van der Waals surface area contributed by atoms with E-state index in [1.54, 1.807) is 18.0 Å². The summed E-state index contributed by atoms with van der Waals surface area (Å²) in [4.78, 5) is 23.2. The van der Waals surface area contributed by atoms with Gasteiger partial charge in [-0.05, 0) is 25.3 Å². The Bertz CT molecular complexity index is 535. The summed E-state index contributed by atoms with van der Waals surface area (Å²) in [6, 6.07) is 2.03. The van der Waals surface area contributed by atoms with E-state index < -0.39 is 0 Å². The number of hydrogen-bond donors (Lipinski definition) is 2. The Hall–Kier alpha value is -1.60. The molecular weight excluding hydrogens is 286 g/mol. The molecular formula is C14H19N5OS. The molecule has 1 aromatic heterocycles. The molecule has 0 bridgehead atoms. The highest BCUT2D eigenvalue weighted by Crippen LogP contribution is 2.26. The number of nitrogens with two attached hydrogens (primary N) is 1. The maximum Gasteiger partial charge on any atom is 0.259 e. The van der Waals surface area contributed by atoms with Gasteiger partial charge in [0.25, 0.3) is 5.91 Å². The van der Waals surface area contributed by atoms with Crippen LogP contribution in [0.4, 0.5) is 5.82 Å². The number of anilines is 1. The molecule has 1 saturated carbocycles. The molecule has 0 spiro atoms. The zero-order valence-electron chi connectivity index (χ0n) is 11.7. The molecule has 1 aliphatic carbocycles. The fourth-order valence-electron chi connectivity index (χ4n) is 2.66. The highest BCUT2D eigenvalue weighted by molar-refractivity contribution is 8.04. The molecule has 21 heavy (non-hydrogen) atoms. The van der Waals surface area contributed by atoms with Gasteiger partial charge in [0.1, 0.15) is 12.1 Å². The van der Waals surface area contributed by atoms with Crippen molar-refractivity contribution in [1.82, 2.24) is 15.3 Å². The van der Waals surface area contributed by atoms with Crippen LogP contribution in [0.5, 0.6) is 0 Å². The Morgan fingerprint density at radius 3 is 3.10 bits per heavy atom. The van der Waals surface area contributed by atoms with Crippen molar-refractivity contribution in [2.24, 2.45) is 5.73 Å². The summed E-state index contributed by atoms with van der Waals surface area (Å²) in [5.41, 5.74) is 6.01. The highest BCUT2D eigenvalue weighted by Gasteiger charge is 2.27. The van der Waals surface area contributed by atoms with E-state index in [9.17, 15) is 4.79 Å². The second kappa shape index (κ2) is 6.44. The predicted octanol–water partition coefficient (Wildman–Crippen LogP) is 0.867. The Morgan fingerprint density at radius 1 is 1.48 bits per heavy atom. The van der Waals surface area contributed by atoms with Gasteiger partial charge >= 0.3 is 0 Å². The number of nitrogens with zero attached hydrogens (tertiary/aromatic N) is 3. The average molecular weight is 305 g/mol. The molecule has 2 atom stereocenters. The maximum atomic E-state index is 12.4. The van der Waals surface area contributed by atoms with Gasteiger partial charge in [-0.1, -0.05) is 0 Å². The molecule has 1 aromatic rings. The maximum absolute atomic E-state index is 12.4. The van der Waals surface area contributed by atoms with Crippen LogP contribution >= 0.6 is 11.8 Å².